The molecule has 0 bridgehead atoms. The number of unbranched alkanes of at least 4 members (excludes halogenated alkanes) is 5. The van der Waals surface area contributed by atoms with Crippen molar-refractivity contribution in [3.8, 4) is 11.8 Å². The smallest absolute Gasteiger partial charge is 0.226 e. The number of rotatable bonds is 11. The summed E-state index contributed by atoms with van der Waals surface area (Å²) in [6.45, 7) is 6.70. The van der Waals surface area contributed by atoms with E-state index in [1.165, 1.54) is 25.7 Å². The summed E-state index contributed by atoms with van der Waals surface area (Å²) in [5.41, 5.74) is 2.64. The van der Waals surface area contributed by atoms with Crippen molar-refractivity contribution in [2.75, 3.05) is 6.61 Å². The second-order valence-corrected chi connectivity index (χ2v) is 8.31. The molecule has 170 valence electrons. The Bertz CT molecular complexity index is 1030. The van der Waals surface area contributed by atoms with E-state index in [1.807, 2.05) is 62.4 Å². The van der Waals surface area contributed by atoms with Gasteiger partial charge in [-0.05, 0) is 43.9 Å². The molecule has 2 unspecified atom stereocenters. The van der Waals surface area contributed by atoms with Crippen molar-refractivity contribution in [1.82, 2.24) is 15.0 Å². The highest BCUT2D eigenvalue weighted by molar-refractivity contribution is 5.74. The monoisotopic (exact) mass is 433 g/mol. The second-order valence-electron chi connectivity index (χ2n) is 8.31. The maximum Gasteiger partial charge on any atom is 0.226 e. The first-order valence-corrected chi connectivity index (χ1v) is 11.8. The Hall–Kier alpha value is -2.68. The van der Waals surface area contributed by atoms with Gasteiger partial charge in [-0.1, -0.05) is 92.1 Å². The molecule has 5 nitrogen and oxygen atoms in total. The summed E-state index contributed by atoms with van der Waals surface area (Å²) in [5, 5.41) is 19.5. The van der Waals surface area contributed by atoms with E-state index in [4.69, 9.17) is 4.74 Å². The number of aliphatic hydroxyl groups excluding tert-OH is 1. The molecule has 3 rings (SSSR count). The highest BCUT2D eigenvalue weighted by Gasteiger charge is 2.33. The van der Waals surface area contributed by atoms with Crippen molar-refractivity contribution >= 4 is 11.0 Å². The summed E-state index contributed by atoms with van der Waals surface area (Å²) >= 11 is 0. The normalized spacial score (nSPS) is 14.0. The van der Waals surface area contributed by atoms with E-state index in [2.05, 4.69) is 29.1 Å². The summed E-state index contributed by atoms with van der Waals surface area (Å²) in [5.74, 6) is 6.33. The molecule has 0 saturated heterocycles. The van der Waals surface area contributed by atoms with E-state index in [0.29, 0.717) is 13.0 Å². The zero-order chi connectivity index (χ0) is 22.8. The van der Waals surface area contributed by atoms with Gasteiger partial charge >= 0.3 is 0 Å². The number of nitrogens with zero attached hydrogens (tertiary/aromatic N) is 3. The van der Waals surface area contributed by atoms with Crippen LogP contribution in [0, 0.1) is 18.8 Å². The van der Waals surface area contributed by atoms with Gasteiger partial charge in [-0.15, -0.1) is 5.10 Å². The zero-order valence-electron chi connectivity index (χ0n) is 19.6. The van der Waals surface area contributed by atoms with E-state index in [-0.39, 0.29) is 0 Å². The van der Waals surface area contributed by atoms with Crippen molar-refractivity contribution in [1.29, 1.82) is 0 Å². The summed E-state index contributed by atoms with van der Waals surface area (Å²) in [4.78, 5) is 0. The van der Waals surface area contributed by atoms with Crippen LogP contribution < -0.4 is 0 Å². The first-order chi connectivity index (χ1) is 15.6. The number of ether oxygens (including phenoxy) is 1. The number of para-hydroxylation sites is 1. The van der Waals surface area contributed by atoms with Gasteiger partial charge < -0.3 is 9.84 Å². The van der Waals surface area contributed by atoms with Gasteiger partial charge in [0.1, 0.15) is 11.6 Å². The van der Waals surface area contributed by atoms with E-state index >= 15 is 0 Å². The number of fused-ring (bicyclic) bond motifs is 1. The molecule has 0 amide bonds. The molecule has 0 radical (unpaired) electrons. The summed E-state index contributed by atoms with van der Waals surface area (Å²) < 4.78 is 8.09. The molecule has 0 aliphatic carbocycles. The molecule has 1 N–H and O–H groups in total. The lowest BCUT2D eigenvalue weighted by Gasteiger charge is -2.29. The molecule has 2 atom stereocenters. The van der Waals surface area contributed by atoms with Gasteiger partial charge in [0.25, 0.3) is 0 Å². The molecular formula is C27H35N3O2. The van der Waals surface area contributed by atoms with Crippen LogP contribution in [0.3, 0.4) is 0 Å². The Morgan fingerprint density at radius 2 is 1.72 bits per heavy atom. The Labute approximate surface area is 191 Å². The molecule has 2 aromatic carbocycles. The average molecular weight is 434 g/mol. The maximum atomic E-state index is 10.7. The van der Waals surface area contributed by atoms with Crippen molar-refractivity contribution in [3.05, 3.63) is 59.7 Å². The van der Waals surface area contributed by atoms with Gasteiger partial charge in [0.05, 0.1) is 5.52 Å². The van der Waals surface area contributed by atoms with Gasteiger partial charge in [0.15, 0.2) is 0 Å². The fourth-order valence-corrected chi connectivity index (χ4v) is 3.92. The number of hydrogen-bond acceptors (Lipinski definition) is 4. The van der Waals surface area contributed by atoms with Gasteiger partial charge in [-0.25, -0.2) is 4.68 Å². The van der Waals surface area contributed by atoms with Gasteiger partial charge in [0.2, 0.25) is 5.72 Å². The van der Waals surface area contributed by atoms with Crippen molar-refractivity contribution in [3.63, 3.8) is 0 Å². The zero-order valence-corrected chi connectivity index (χ0v) is 19.6. The topological polar surface area (TPSA) is 60.2 Å². The third kappa shape index (κ3) is 5.97. The van der Waals surface area contributed by atoms with Gasteiger partial charge in [-0.3, -0.25) is 0 Å². The van der Waals surface area contributed by atoms with Crippen LogP contribution in [0.5, 0.6) is 0 Å². The lowest BCUT2D eigenvalue weighted by molar-refractivity contribution is -0.0682. The predicted molar refractivity (Wildman–Crippen MR) is 129 cm³/mol. The fourth-order valence-electron chi connectivity index (χ4n) is 3.92. The molecule has 0 aliphatic rings. The van der Waals surface area contributed by atoms with Crippen LogP contribution in [0.2, 0.25) is 0 Å². The quantitative estimate of drug-likeness (QED) is 0.301. The molecule has 0 saturated carbocycles. The average Bonchev–Trinajstić information content (AvgIpc) is 3.25. The highest BCUT2D eigenvalue weighted by Crippen LogP contribution is 2.29. The molecular weight excluding hydrogens is 398 g/mol. The van der Waals surface area contributed by atoms with Crippen LogP contribution in [0.4, 0.5) is 0 Å². The highest BCUT2D eigenvalue weighted by atomic mass is 16.5. The number of aryl methyl sites for hydroxylation is 1. The SMILES string of the molecule is CCCCCCCCC(C#CC(O)c1ccc(C)cc1)(OCC)n1nnc2ccccc21. The van der Waals surface area contributed by atoms with Crippen molar-refractivity contribution < 1.29 is 9.84 Å². The van der Waals surface area contributed by atoms with E-state index in [9.17, 15) is 5.11 Å². The van der Waals surface area contributed by atoms with Crippen LogP contribution in [0.15, 0.2) is 48.5 Å². The Morgan fingerprint density at radius 1 is 1.00 bits per heavy atom. The van der Waals surface area contributed by atoms with Crippen LogP contribution in [0.25, 0.3) is 11.0 Å². The summed E-state index contributed by atoms with van der Waals surface area (Å²) in [7, 11) is 0. The Balaban J connectivity index is 1.92. The number of hydrogen-bond donors (Lipinski definition) is 1. The molecule has 0 aliphatic heterocycles. The van der Waals surface area contributed by atoms with Crippen LogP contribution in [0.1, 0.15) is 76.0 Å². The van der Waals surface area contributed by atoms with Crippen LogP contribution >= 0.6 is 0 Å². The van der Waals surface area contributed by atoms with E-state index in [1.54, 1.807) is 4.68 Å². The predicted octanol–water partition coefficient (Wildman–Crippen LogP) is 5.92. The Kier molecular flexibility index (Phi) is 8.84. The lowest BCUT2D eigenvalue weighted by atomic mass is 10.0. The summed E-state index contributed by atoms with van der Waals surface area (Å²) in [6, 6.07) is 15.6. The lowest BCUT2D eigenvalue weighted by Crippen LogP contribution is -2.36. The third-order valence-electron chi connectivity index (χ3n) is 5.74. The van der Waals surface area contributed by atoms with Crippen molar-refractivity contribution in [2.45, 2.75) is 77.5 Å². The van der Waals surface area contributed by atoms with Crippen molar-refractivity contribution in [2.24, 2.45) is 0 Å². The standard InChI is InChI=1S/C27H35N3O2/c1-4-6-7-8-9-12-20-27(32-5-2,30-25-14-11-10-13-24(25)28-29-30)21-19-26(31)23-17-15-22(3)16-18-23/h10-11,13-18,26,31H,4-9,12,20H2,1-3H3. The number of aliphatic hydroxyl groups is 1. The van der Waals surface area contributed by atoms with E-state index in [0.717, 1.165) is 35.0 Å². The first kappa shape index (κ1) is 24.0. The van der Waals surface area contributed by atoms with Crippen LogP contribution in [-0.2, 0) is 10.5 Å². The second kappa shape index (κ2) is 11.8. The third-order valence-corrected chi connectivity index (χ3v) is 5.74. The number of aromatic nitrogens is 3. The molecule has 32 heavy (non-hydrogen) atoms. The van der Waals surface area contributed by atoms with E-state index < -0.39 is 11.8 Å². The minimum atomic E-state index is -0.971. The minimum Gasteiger partial charge on any atom is -0.376 e. The molecule has 5 heteroatoms. The number of benzene rings is 2. The van der Waals surface area contributed by atoms with Gasteiger partial charge in [-0.2, -0.15) is 0 Å². The Morgan fingerprint density at radius 3 is 2.47 bits per heavy atom. The summed E-state index contributed by atoms with van der Waals surface area (Å²) in [6.07, 6.45) is 6.83. The molecule has 3 aromatic rings. The first-order valence-electron chi connectivity index (χ1n) is 11.8. The molecule has 0 spiro atoms. The maximum absolute atomic E-state index is 10.7. The fraction of sp³-hybridized carbons (Fsp3) is 0.481. The largest absolute Gasteiger partial charge is 0.376 e. The van der Waals surface area contributed by atoms with Crippen LogP contribution in [-0.4, -0.2) is 26.7 Å². The molecule has 0 fully saturated rings. The van der Waals surface area contributed by atoms with Gasteiger partial charge in [0, 0.05) is 13.0 Å². The molecule has 1 heterocycles. The minimum absolute atomic E-state index is 0.485. The molecule has 1 aromatic heterocycles.